The van der Waals surface area contributed by atoms with Gasteiger partial charge in [-0.2, -0.15) is 0 Å². The molecule has 1 aromatic heterocycles. The summed E-state index contributed by atoms with van der Waals surface area (Å²) in [6.07, 6.45) is 1.69. The van der Waals surface area contributed by atoms with Gasteiger partial charge in [-0.05, 0) is 30.7 Å². The Morgan fingerprint density at radius 2 is 2.14 bits per heavy atom. The van der Waals surface area contributed by atoms with Crippen LogP contribution in [0.2, 0.25) is 0 Å². The molecule has 0 spiro atoms. The van der Waals surface area contributed by atoms with Crippen LogP contribution in [-0.2, 0) is 9.59 Å². The van der Waals surface area contributed by atoms with E-state index in [-0.39, 0.29) is 18.4 Å². The Bertz CT molecular complexity index is 716. The van der Waals surface area contributed by atoms with Gasteiger partial charge in [-0.1, -0.05) is 18.2 Å². The van der Waals surface area contributed by atoms with E-state index in [4.69, 9.17) is 0 Å². The Morgan fingerprint density at radius 1 is 1.32 bits per heavy atom. The number of nitrogens with zero attached hydrogens (tertiary/aromatic N) is 2. The van der Waals surface area contributed by atoms with E-state index in [1.54, 1.807) is 12.3 Å². The highest BCUT2D eigenvalue weighted by Crippen LogP contribution is 2.34. The lowest BCUT2D eigenvalue weighted by molar-refractivity contribution is -0.120. The fraction of sp³-hybridized carbons (Fsp3) is 0.188. The van der Waals surface area contributed by atoms with Crippen LogP contribution in [-0.4, -0.2) is 29.1 Å². The maximum Gasteiger partial charge on any atom is 0.245 e. The molecule has 0 aliphatic carbocycles. The van der Waals surface area contributed by atoms with Gasteiger partial charge >= 0.3 is 0 Å². The third-order valence-corrected chi connectivity index (χ3v) is 4.34. The van der Waals surface area contributed by atoms with Crippen molar-refractivity contribution in [3.8, 4) is 0 Å². The smallest absolute Gasteiger partial charge is 0.245 e. The van der Waals surface area contributed by atoms with Crippen LogP contribution in [0, 0.1) is 6.92 Å². The van der Waals surface area contributed by atoms with Crippen LogP contribution < -0.4 is 10.2 Å². The predicted molar refractivity (Wildman–Crippen MR) is 87.1 cm³/mol. The van der Waals surface area contributed by atoms with Gasteiger partial charge in [-0.25, -0.2) is 4.98 Å². The molecule has 0 atom stereocenters. The van der Waals surface area contributed by atoms with Gasteiger partial charge < -0.3 is 10.2 Å². The zero-order valence-electron chi connectivity index (χ0n) is 12.1. The summed E-state index contributed by atoms with van der Waals surface area (Å²) in [5.74, 6) is 0.525. The number of aromatic nitrogens is 1. The average molecular weight is 313 g/mol. The Hall–Kier alpha value is -2.34. The molecule has 5 nitrogen and oxygen atoms in total. The number of carbonyl (C=O) groups is 2. The summed E-state index contributed by atoms with van der Waals surface area (Å²) < 4.78 is 0. The van der Waals surface area contributed by atoms with Gasteiger partial charge in [0.25, 0.3) is 0 Å². The van der Waals surface area contributed by atoms with Crippen LogP contribution in [0.4, 0.5) is 11.5 Å². The first-order valence-electron chi connectivity index (χ1n) is 6.88. The van der Waals surface area contributed by atoms with Gasteiger partial charge in [0.05, 0.1) is 11.4 Å². The zero-order chi connectivity index (χ0) is 15.5. The van der Waals surface area contributed by atoms with Crippen molar-refractivity contribution in [2.45, 2.75) is 11.8 Å². The van der Waals surface area contributed by atoms with E-state index in [9.17, 15) is 9.59 Å². The Kier molecular flexibility index (Phi) is 4.11. The van der Waals surface area contributed by atoms with E-state index in [1.807, 2.05) is 37.3 Å². The highest BCUT2D eigenvalue weighted by atomic mass is 32.2. The summed E-state index contributed by atoms with van der Waals surface area (Å²) in [5.41, 5.74) is 1.81. The lowest BCUT2D eigenvalue weighted by Gasteiger charge is -2.28. The number of hydrogen-bond acceptors (Lipinski definition) is 4. The number of anilines is 2. The van der Waals surface area contributed by atoms with Crippen LogP contribution in [0.1, 0.15) is 5.56 Å². The third-order valence-electron chi connectivity index (χ3n) is 3.29. The Balaban J connectivity index is 1.73. The molecular weight excluding hydrogens is 298 g/mol. The van der Waals surface area contributed by atoms with Crippen LogP contribution in [0.15, 0.2) is 47.5 Å². The minimum absolute atomic E-state index is 0.00797. The maximum atomic E-state index is 12.2. The van der Waals surface area contributed by atoms with Crippen LogP contribution in [0.5, 0.6) is 0 Å². The molecule has 0 fully saturated rings. The summed E-state index contributed by atoms with van der Waals surface area (Å²) in [6, 6.07) is 11.2. The van der Waals surface area contributed by atoms with E-state index < -0.39 is 0 Å². The molecule has 6 heteroatoms. The van der Waals surface area contributed by atoms with Gasteiger partial charge in [-0.15, -0.1) is 11.8 Å². The number of hydrogen-bond donors (Lipinski definition) is 1. The first kappa shape index (κ1) is 14.6. The number of nitrogens with one attached hydrogen (secondary N) is 1. The van der Waals surface area contributed by atoms with Gasteiger partial charge in [0.2, 0.25) is 11.8 Å². The number of thioether (sulfide) groups is 1. The van der Waals surface area contributed by atoms with Crippen molar-refractivity contribution in [3.05, 3.63) is 48.2 Å². The summed E-state index contributed by atoms with van der Waals surface area (Å²) in [6.45, 7) is 1.92. The summed E-state index contributed by atoms with van der Waals surface area (Å²) in [4.78, 5) is 30.9. The number of benzene rings is 1. The van der Waals surface area contributed by atoms with Crippen LogP contribution in [0.25, 0.3) is 0 Å². The molecule has 2 heterocycles. The second-order valence-corrected chi connectivity index (χ2v) is 6.02. The van der Waals surface area contributed by atoms with Crippen LogP contribution in [0.3, 0.4) is 0 Å². The molecule has 1 aliphatic heterocycles. The molecule has 0 saturated carbocycles. The number of rotatable bonds is 3. The molecule has 2 amide bonds. The van der Waals surface area contributed by atoms with Crippen molar-refractivity contribution in [2.24, 2.45) is 0 Å². The quantitative estimate of drug-likeness (QED) is 0.945. The van der Waals surface area contributed by atoms with E-state index in [1.165, 1.54) is 16.7 Å². The predicted octanol–water partition coefficient (Wildman–Crippen LogP) is 2.47. The largest absolute Gasteiger partial charge is 0.309 e. The number of aryl methyl sites for hydroxylation is 1. The minimum atomic E-state index is -0.258. The molecular formula is C16H15N3O2S. The SMILES string of the molecule is Cc1ccc(NC(=O)CN2C(=O)CSc3ccccc32)nc1. The fourth-order valence-corrected chi connectivity index (χ4v) is 3.13. The number of amides is 2. The molecule has 0 bridgehead atoms. The first-order chi connectivity index (χ1) is 10.6. The molecule has 0 radical (unpaired) electrons. The second-order valence-electron chi connectivity index (χ2n) is 5.01. The average Bonchev–Trinajstić information content (AvgIpc) is 2.52. The zero-order valence-corrected chi connectivity index (χ0v) is 12.9. The van der Waals surface area contributed by atoms with Crippen molar-refractivity contribution in [3.63, 3.8) is 0 Å². The topological polar surface area (TPSA) is 62.3 Å². The monoisotopic (exact) mass is 313 g/mol. The van der Waals surface area contributed by atoms with E-state index in [0.29, 0.717) is 11.6 Å². The van der Waals surface area contributed by atoms with Gasteiger partial charge in [0.1, 0.15) is 12.4 Å². The maximum absolute atomic E-state index is 12.2. The van der Waals surface area contributed by atoms with Crippen LogP contribution >= 0.6 is 11.8 Å². The summed E-state index contributed by atoms with van der Waals surface area (Å²) in [7, 11) is 0. The van der Waals surface area contributed by atoms with Gasteiger partial charge in [-0.3, -0.25) is 9.59 Å². The molecule has 0 saturated heterocycles. The number of carbonyl (C=O) groups excluding carboxylic acids is 2. The van der Waals surface area contributed by atoms with E-state index in [2.05, 4.69) is 10.3 Å². The highest BCUT2D eigenvalue weighted by Gasteiger charge is 2.26. The molecule has 1 aliphatic rings. The molecule has 1 N–H and O–H groups in total. The number of para-hydroxylation sites is 1. The molecule has 22 heavy (non-hydrogen) atoms. The first-order valence-corrected chi connectivity index (χ1v) is 7.87. The van der Waals surface area contributed by atoms with E-state index >= 15 is 0 Å². The van der Waals surface area contributed by atoms with Crippen molar-refractivity contribution in [1.82, 2.24) is 4.98 Å². The molecule has 3 rings (SSSR count). The van der Waals surface area contributed by atoms with Crippen molar-refractivity contribution in [2.75, 3.05) is 22.5 Å². The third kappa shape index (κ3) is 3.12. The molecule has 0 unspecified atom stereocenters. The van der Waals surface area contributed by atoms with E-state index in [0.717, 1.165) is 16.1 Å². The molecule has 1 aromatic carbocycles. The second kappa shape index (κ2) is 6.19. The number of pyridine rings is 1. The summed E-state index contributed by atoms with van der Waals surface area (Å²) >= 11 is 1.50. The number of fused-ring (bicyclic) bond motifs is 1. The molecule has 112 valence electrons. The van der Waals surface area contributed by atoms with Crippen molar-refractivity contribution >= 4 is 35.1 Å². The minimum Gasteiger partial charge on any atom is -0.309 e. The van der Waals surface area contributed by atoms with Crippen molar-refractivity contribution in [1.29, 1.82) is 0 Å². The van der Waals surface area contributed by atoms with Gasteiger partial charge in [0.15, 0.2) is 0 Å². The lowest BCUT2D eigenvalue weighted by Crippen LogP contribution is -2.41. The highest BCUT2D eigenvalue weighted by molar-refractivity contribution is 8.00. The van der Waals surface area contributed by atoms with Gasteiger partial charge in [0, 0.05) is 11.1 Å². The molecule has 2 aromatic rings. The summed E-state index contributed by atoms with van der Waals surface area (Å²) in [5, 5.41) is 2.72. The standard InChI is InChI=1S/C16H15N3O2S/c1-11-6-7-14(17-8-11)18-15(20)9-19-12-4-2-3-5-13(12)22-10-16(19)21/h2-8H,9-10H2,1H3,(H,17,18,20). The Morgan fingerprint density at radius 3 is 2.91 bits per heavy atom. The lowest BCUT2D eigenvalue weighted by atomic mass is 10.2. The normalized spacial score (nSPS) is 13.7. The Labute approximate surface area is 132 Å². The van der Waals surface area contributed by atoms with Crippen molar-refractivity contribution < 1.29 is 9.59 Å². The fourth-order valence-electron chi connectivity index (χ4n) is 2.20.